The second-order valence-corrected chi connectivity index (χ2v) is 4.52. The minimum Gasteiger partial charge on any atom is -0.444 e. The Kier molecular flexibility index (Phi) is 4.95. The summed E-state index contributed by atoms with van der Waals surface area (Å²) in [6.45, 7) is 12.4. The molecule has 0 fully saturated rings. The normalized spacial score (nSPS) is 13.6. The molecule has 0 aliphatic carbocycles. The summed E-state index contributed by atoms with van der Waals surface area (Å²) < 4.78 is 5.30. The number of carbonyl (C=O) groups is 1. The van der Waals surface area contributed by atoms with E-state index < -0.39 is 5.60 Å². The van der Waals surface area contributed by atoms with Crippen LogP contribution in [0.2, 0.25) is 0 Å². The standard InChI is InChI=1S/C11H23NO2/c1-7-9(3)12(8-2)10(13)14-11(4,5)6/h9H,7-8H2,1-6H3. The molecule has 0 rings (SSSR count). The molecular formula is C11H23NO2. The third-order valence-corrected chi connectivity index (χ3v) is 2.09. The molecule has 3 nitrogen and oxygen atoms in total. The maximum atomic E-state index is 11.7. The minimum absolute atomic E-state index is 0.214. The van der Waals surface area contributed by atoms with Gasteiger partial charge in [-0.15, -0.1) is 0 Å². The SMILES string of the molecule is CCC(C)N(CC)C(=O)OC(C)(C)C. The van der Waals surface area contributed by atoms with Gasteiger partial charge >= 0.3 is 6.09 Å². The Labute approximate surface area is 87.4 Å². The molecule has 0 spiro atoms. The highest BCUT2D eigenvalue weighted by molar-refractivity contribution is 5.68. The van der Waals surface area contributed by atoms with E-state index in [1.54, 1.807) is 4.90 Å². The van der Waals surface area contributed by atoms with Crippen LogP contribution < -0.4 is 0 Å². The Balaban J connectivity index is 4.33. The lowest BCUT2D eigenvalue weighted by molar-refractivity contribution is 0.0185. The van der Waals surface area contributed by atoms with Crippen molar-refractivity contribution in [3.8, 4) is 0 Å². The molecule has 0 N–H and O–H groups in total. The molecule has 14 heavy (non-hydrogen) atoms. The largest absolute Gasteiger partial charge is 0.444 e. The average Bonchev–Trinajstić information content (AvgIpc) is 2.01. The van der Waals surface area contributed by atoms with Crippen molar-refractivity contribution in [2.75, 3.05) is 6.54 Å². The lowest BCUT2D eigenvalue weighted by Gasteiger charge is -2.30. The number of amides is 1. The molecule has 0 saturated heterocycles. The summed E-state index contributed by atoms with van der Waals surface area (Å²) in [5, 5.41) is 0. The van der Waals surface area contributed by atoms with Gasteiger partial charge in [0.05, 0.1) is 0 Å². The molecule has 0 bridgehead atoms. The molecule has 0 radical (unpaired) electrons. The van der Waals surface area contributed by atoms with Gasteiger partial charge in [-0.25, -0.2) is 4.79 Å². The van der Waals surface area contributed by atoms with Crippen molar-refractivity contribution in [3.05, 3.63) is 0 Å². The van der Waals surface area contributed by atoms with Gasteiger partial charge in [-0.05, 0) is 41.0 Å². The zero-order valence-electron chi connectivity index (χ0n) is 10.3. The fourth-order valence-electron chi connectivity index (χ4n) is 1.16. The summed E-state index contributed by atoms with van der Waals surface area (Å²) in [7, 11) is 0. The Morgan fingerprint density at radius 3 is 2.14 bits per heavy atom. The van der Waals surface area contributed by atoms with E-state index in [-0.39, 0.29) is 12.1 Å². The number of hydrogen-bond acceptors (Lipinski definition) is 2. The van der Waals surface area contributed by atoms with Crippen LogP contribution in [0.4, 0.5) is 4.79 Å². The molecule has 3 heteroatoms. The van der Waals surface area contributed by atoms with Gasteiger partial charge in [0, 0.05) is 12.6 Å². The summed E-state index contributed by atoms with van der Waals surface area (Å²) in [5.74, 6) is 0. The van der Waals surface area contributed by atoms with Crippen molar-refractivity contribution in [1.29, 1.82) is 0 Å². The van der Waals surface area contributed by atoms with Crippen molar-refractivity contribution in [3.63, 3.8) is 0 Å². The fourth-order valence-corrected chi connectivity index (χ4v) is 1.16. The first-order chi connectivity index (χ1) is 6.31. The first-order valence-electron chi connectivity index (χ1n) is 5.31. The first kappa shape index (κ1) is 13.3. The van der Waals surface area contributed by atoms with Crippen LogP contribution >= 0.6 is 0 Å². The molecule has 0 aromatic rings. The highest BCUT2D eigenvalue weighted by atomic mass is 16.6. The lowest BCUT2D eigenvalue weighted by Crippen LogP contribution is -2.41. The topological polar surface area (TPSA) is 29.5 Å². The van der Waals surface area contributed by atoms with E-state index in [2.05, 4.69) is 6.92 Å². The maximum absolute atomic E-state index is 11.7. The lowest BCUT2D eigenvalue weighted by atomic mass is 10.2. The van der Waals surface area contributed by atoms with Gasteiger partial charge in [-0.1, -0.05) is 6.92 Å². The zero-order valence-corrected chi connectivity index (χ0v) is 10.3. The average molecular weight is 201 g/mol. The van der Waals surface area contributed by atoms with Crippen LogP contribution in [0.25, 0.3) is 0 Å². The Bertz CT molecular complexity index is 184. The molecule has 1 unspecified atom stereocenters. The van der Waals surface area contributed by atoms with E-state index >= 15 is 0 Å². The van der Waals surface area contributed by atoms with Gasteiger partial charge in [-0.2, -0.15) is 0 Å². The van der Waals surface area contributed by atoms with E-state index in [0.717, 1.165) is 6.42 Å². The molecule has 0 aliphatic rings. The Morgan fingerprint density at radius 2 is 1.86 bits per heavy atom. The van der Waals surface area contributed by atoms with Crippen LogP contribution in [0.15, 0.2) is 0 Å². The van der Waals surface area contributed by atoms with Crippen LogP contribution in [0, 0.1) is 0 Å². The van der Waals surface area contributed by atoms with Gasteiger partial charge < -0.3 is 9.64 Å². The highest BCUT2D eigenvalue weighted by Gasteiger charge is 2.23. The zero-order chi connectivity index (χ0) is 11.4. The highest BCUT2D eigenvalue weighted by Crippen LogP contribution is 2.12. The van der Waals surface area contributed by atoms with Crippen molar-refractivity contribution in [2.24, 2.45) is 0 Å². The van der Waals surface area contributed by atoms with Gasteiger partial charge in [0.2, 0.25) is 0 Å². The van der Waals surface area contributed by atoms with Crippen LogP contribution in [0.3, 0.4) is 0 Å². The summed E-state index contributed by atoms with van der Waals surface area (Å²) >= 11 is 0. The second-order valence-electron chi connectivity index (χ2n) is 4.52. The quantitative estimate of drug-likeness (QED) is 0.702. The summed E-state index contributed by atoms with van der Waals surface area (Å²) in [5.41, 5.74) is -0.405. The number of rotatable bonds is 3. The molecule has 0 heterocycles. The molecule has 1 amide bonds. The van der Waals surface area contributed by atoms with E-state index in [1.807, 2.05) is 34.6 Å². The van der Waals surface area contributed by atoms with Crippen LogP contribution in [-0.4, -0.2) is 29.2 Å². The number of carbonyl (C=O) groups excluding carboxylic acids is 1. The smallest absolute Gasteiger partial charge is 0.410 e. The van der Waals surface area contributed by atoms with E-state index in [1.165, 1.54) is 0 Å². The van der Waals surface area contributed by atoms with Crippen LogP contribution in [-0.2, 0) is 4.74 Å². The number of ether oxygens (including phenoxy) is 1. The van der Waals surface area contributed by atoms with E-state index in [9.17, 15) is 4.79 Å². The Morgan fingerprint density at radius 1 is 1.36 bits per heavy atom. The summed E-state index contributed by atoms with van der Waals surface area (Å²) in [6, 6.07) is 0.245. The number of nitrogens with zero attached hydrogens (tertiary/aromatic N) is 1. The summed E-state index contributed by atoms with van der Waals surface area (Å²) in [4.78, 5) is 13.4. The molecule has 0 aromatic carbocycles. The van der Waals surface area contributed by atoms with Gasteiger partial charge in [0.1, 0.15) is 5.60 Å². The van der Waals surface area contributed by atoms with E-state index in [4.69, 9.17) is 4.74 Å². The van der Waals surface area contributed by atoms with Crippen molar-refractivity contribution in [2.45, 2.75) is 59.6 Å². The van der Waals surface area contributed by atoms with Gasteiger partial charge in [0.15, 0.2) is 0 Å². The van der Waals surface area contributed by atoms with Gasteiger partial charge in [-0.3, -0.25) is 0 Å². The second kappa shape index (κ2) is 5.23. The third-order valence-electron chi connectivity index (χ3n) is 2.09. The van der Waals surface area contributed by atoms with E-state index in [0.29, 0.717) is 6.54 Å². The molecule has 0 saturated carbocycles. The fraction of sp³-hybridized carbons (Fsp3) is 0.909. The summed E-state index contributed by atoms with van der Waals surface area (Å²) in [6.07, 6.45) is 0.738. The predicted octanol–water partition coefficient (Wildman–Crippen LogP) is 3.04. The maximum Gasteiger partial charge on any atom is 0.410 e. The Hall–Kier alpha value is -0.730. The molecule has 0 aromatic heterocycles. The molecule has 1 atom stereocenters. The molecule has 0 aliphatic heterocycles. The number of hydrogen-bond donors (Lipinski definition) is 0. The van der Waals surface area contributed by atoms with Crippen molar-refractivity contribution in [1.82, 2.24) is 4.90 Å². The minimum atomic E-state index is -0.405. The van der Waals surface area contributed by atoms with Crippen molar-refractivity contribution >= 4 is 6.09 Å². The molecule has 84 valence electrons. The van der Waals surface area contributed by atoms with Crippen LogP contribution in [0.5, 0.6) is 0 Å². The van der Waals surface area contributed by atoms with Crippen LogP contribution in [0.1, 0.15) is 48.0 Å². The monoisotopic (exact) mass is 201 g/mol. The first-order valence-corrected chi connectivity index (χ1v) is 5.31. The predicted molar refractivity (Wildman–Crippen MR) is 58.4 cm³/mol. The van der Waals surface area contributed by atoms with Crippen molar-refractivity contribution < 1.29 is 9.53 Å². The molecular weight excluding hydrogens is 178 g/mol. The third kappa shape index (κ3) is 4.49. The van der Waals surface area contributed by atoms with Gasteiger partial charge in [0.25, 0.3) is 0 Å².